The molecule has 0 bridgehead atoms. The van der Waals surface area contributed by atoms with Gasteiger partial charge in [0.05, 0.1) is 5.88 Å². The second-order valence-corrected chi connectivity index (χ2v) is 2.93. The van der Waals surface area contributed by atoms with Crippen molar-refractivity contribution in [2.45, 2.75) is 5.38 Å². The van der Waals surface area contributed by atoms with Gasteiger partial charge in [-0.2, -0.15) is 0 Å². The third-order valence-corrected chi connectivity index (χ3v) is 1.88. The highest BCUT2D eigenvalue weighted by atomic mass is 35.5. The van der Waals surface area contributed by atoms with Gasteiger partial charge >= 0.3 is 0 Å². The van der Waals surface area contributed by atoms with Crippen LogP contribution < -0.4 is 0 Å². The fourth-order valence-corrected chi connectivity index (χ4v) is 1.13. The lowest BCUT2D eigenvalue weighted by molar-refractivity contribution is 1.26. The zero-order chi connectivity index (χ0) is 8.81. The van der Waals surface area contributed by atoms with E-state index in [0.717, 1.165) is 5.56 Å². The number of hydrogen-bond acceptors (Lipinski definition) is 0. The summed E-state index contributed by atoms with van der Waals surface area (Å²) in [5.41, 5.74) is 1.01. The van der Waals surface area contributed by atoms with Gasteiger partial charge in [-0.25, -0.2) is 0 Å². The minimum atomic E-state index is -0.245. The molecule has 1 atom stereocenters. The predicted octanol–water partition coefficient (Wildman–Crippen LogP) is 3.21. The van der Waals surface area contributed by atoms with Crippen molar-refractivity contribution in [3.63, 3.8) is 0 Å². The molecular weight excluding hydrogens is 191 g/mol. The van der Waals surface area contributed by atoms with Crippen molar-refractivity contribution in [2.24, 2.45) is 0 Å². The first-order chi connectivity index (χ1) is 5.84. The summed E-state index contributed by atoms with van der Waals surface area (Å²) < 4.78 is 0. The van der Waals surface area contributed by atoms with Crippen LogP contribution in [0.25, 0.3) is 0 Å². The van der Waals surface area contributed by atoms with Crippen LogP contribution in [0.1, 0.15) is 10.9 Å². The molecule has 1 rings (SSSR count). The molecule has 0 aliphatic carbocycles. The van der Waals surface area contributed by atoms with Crippen molar-refractivity contribution in [1.82, 2.24) is 0 Å². The summed E-state index contributed by atoms with van der Waals surface area (Å²) in [5, 5.41) is -0.245. The SMILES string of the molecule is ClCC#CC(Cl)c1ccccc1. The van der Waals surface area contributed by atoms with Crippen LogP contribution in [-0.4, -0.2) is 5.88 Å². The second kappa shape index (κ2) is 5.09. The fourth-order valence-electron chi connectivity index (χ4n) is 0.834. The Hall–Kier alpha value is -0.640. The summed E-state index contributed by atoms with van der Waals surface area (Å²) in [6, 6.07) is 9.71. The van der Waals surface area contributed by atoms with Gasteiger partial charge in [0.25, 0.3) is 0 Å². The van der Waals surface area contributed by atoms with Gasteiger partial charge in [0.1, 0.15) is 5.38 Å². The van der Waals surface area contributed by atoms with Crippen LogP contribution in [-0.2, 0) is 0 Å². The molecule has 0 nitrogen and oxygen atoms in total. The van der Waals surface area contributed by atoms with Crippen LogP contribution in [0.15, 0.2) is 30.3 Å². The molecule has 0 N–H and O–H groups in total. The monoisotopic (exact) mass is 198 g/mol. The Morgan fingerprint density at radius 1 is 1.25 bits per heavy atom. The van der Waals surface area contributed by atoms with Crippen LogP contribution in [0.2, 0.25) is 0 Å². The van der Waals surface area contributed by atoms with Gasteiger partial charge in [-0.3, -0.25) is 0 Å². The molecule has 12 heavy (non-hydrogen) atoms. The van der Waals surface area contributed by atoms with Crippen LogP contribution in [0, 0.1) is 11.8 Å². The summed E-state index contributed by atoms with van der Waals surface area (Å²) in [5.74, 6) is 5.89. The maximum Gasteiger partial charge on any atom is 0.119 e. The molecule has 0 aliphatic heterocycles. The highest BCUT2D eigenvalue weighted by molar-refractivity contribution is 6.23. The number of benzene rings is 1. The van der Waals surface area contributed by atoms with Crippen LogP contribution in [0.4, 0.5) is 0 Å². The normalized spacial score (nSPS) is 11.5. The molecule has 0 aromatic heterocycles. The molecule has 0 radical (unpaired) electrons. The van der Waals surface area contributed by atoms with E-state index >= 15 is 0 Å². The fraction of sp³-hybridized carbons (Fsp3) is 0.200. The van der Waals surface area contributed by atoms with E-state index in [1.165, 1.54) is 0 Å². The average molecular weight is 199 g/mol. The van der Waals surface area contributed by atoms with Gasteiger partial charge in [-0.15, -0.1) is 23.2 Å². The molecule has 0 heterocycles. The highest BCUT2D eigenvalue weighted by Gasteiger charge is 2.00. The molecule has 0 amide bonds. The van der Waals surface area contributed by atoms with Crippen LogP contribution >= 0.6 is 23.2 Å². The van der Waals surface area contributed by atoms with E-state index in [4.69, 9.17) is 23.2 Å². The molecule has 1 aromatic rings. The third-order valence-electron chi connectivity index (χ3n) is 1.39. The summed E-state index contributed by atoms with van der Waals surface area (Å²) in [4.78, 5) is 0. The summed E-state index contributed by atoms with van der Waals surface area (Å²) in [6.07, 6.45) is 0. The quantitative estimate of drug-likeness (QED) is 0.481. The van der Waals surface area contributed by atoms with E-state index in [1.54, 1.807) is 0 Å². The lowest BCUT2D eigenvalue weighted by atomic mass is 10.1. The molecular formula is C10H8Cl2. The molecule has 0 saturated heterocycles. The molecule has 0 spiro atoms. The van der Waals surface area contributed by atoms with E-state index in [-0.39, 0.29) is 5.38 Å². The molecule has 0 aliphatic rings. The Morgan fingerprint density at radius 2 is 1.92 bits per heavy atom. The first-order valence-corrected chi connectivity index (χ1v) is 4.55. The van der Waals surface area contributed by atoms with Crippen molar-refractivity contribution in [3.05, 3.63) is 35.9 Å². The number of alkyl halides is 2. The van der Waals surface area contributed by atoms with Gasteiger partial charge in [-0.1, -0.05) is 42.2 Å². The van der Waals surface area contributed by atoms with E-state index < -0.39 is 0 Å². The van der Waals surface area contributed by atoms with Crippen molar-refractivity contribution in [2.75, 3.05) is 5.88 Å². The average Bonchev–Trinajstić information content (AvgIpc) is 2.15. The molecule has 0 saturated carbocycles. The minimum Gasteiger partial charge on any atom is -0.113 e. The largest absolute Gasteiger partial charge is 0.119 e. The lowest BCUT2D eigenvalue weighted by Crippen LogP contribution is -1.84. The highest BCUT2D eigenvalue weighted by Crippen LogP contribution is 2.18. The van der Waals surface area contributed by atoms with Gasteiger partial charge in [-0.05, 0) is 5.56 Å². The van der Waals surface area contributed by atoms with Gasteiger partial charge in [0, 0.05) is 0 Å². The Balaban J connectivity index is 2.72. The summed E-state index contributed by atoms with van der Waals surface area (Å²) in [7, 11) is 0. The topological polar surface area (TPSA) is 0 Å². The Labute approximate surface area is 82.5 Å². The third kappa shape index (κ3) is 2.77. The Morgan fingerprint density at radius 3 is 2.50 bits per heavy atom. The summed E-state index contributed by atoms with van der Waals surface area (Å²) in [6.45, 7) is 0. The second-order valence-electron chi connectivity index (χ2n) is 2.23. The zero-order valence-electron chi connectivity index (χ0n) is 6.43. The minimum absolute atomic E-state index is 0.245. The smallest absolute Gasteiger partial charge is 0.113 e. The van der Waals surface area contributed by atoms with Crippen molar-refractivity contribution in [1.29, 1.82) is 0 Å². The van der Waals surface area contributed by atoms with Crippen LogP contribution in [0.5, 0.6) is 0 Å². The molecule has 1 aromatic carbocycles. The molecule has 0 fully saturated rings. The standard InChI is InChI=1S/C10H8Cl2/c11-8-4-7-10(12)9-5-2-1-3-6-9/h1-3,5-6,10H,8H2. The van der Waals surface area contributed by atoms with Gasteiger partial charge in [0.15, 0.2) is 0 Å². The Kier molecular flexibility index (Phi) is 4.00. The van der Waals surface area contributed by atoms with Crippen molar-refractivity contribution < 1.29 is 0 Å². The first kappa shape index (κ1) is 9.45. The van der Waals surface area contributed by atoms with Gasteiger partial charge in [0.2, 0.25) is 0 Å². The Bertz CT molecular complexity index is 282. The molecule has 1 unspecified atom stereocenters. The first-order valence-electron chi connectivity index (χ1n) is 3.58. The van der Waals surface area contributed by atoms with E-state index in [9.17, 15) is 0 Å². The number of halogens is 2. The van der Waals surface area contributed by atoms with E-state index in [1.807, 2.05) is 30.3 Å². The van der Waals surface area contributed by atoms with Crippen molar-refractivity contribution >= 4 is 23.2 Å². The number of hydrogen-bond donors (Lipinski definition) is 0. The molecule has 2 heteroatoms. The summed E-state index contributed by atoms with van der Waals surface area (Å²) >= 11 is 11.4. The lowest BCUT2D eigenvalue weighted by Gasteiger charge is -1.99. The predicted molar refractivity (Wildman–Crippen MR) is 53.5 cm³/mol. The zero-order valence-corrected chi connectivity index (χ0v) is 7.94. The maximum absolute atomic E-state index is 5.95. The van der Waals surface area contributed by atoms with Crippen LogP contribution in [0.3, 0.4) is 0 Å². The van der Waals surface area contributed by atoms with Crippen molar-refractivity contribution in [3.8, 4) is 11.8 Å². The number of rotatable bonds is 1. The molecule has 62 valence electrons. The van der Waals surface area contributed by atoms with E-state index in [2.05, 4.69) is 11.8 Å². The van der Waals surface area contributed by atoms with Gasteiger partial charge < -0.3 is 0 Å². The maximum atomic E-state index is 5.95. The van der Waals surface area contributed by atoms with E-state index in [0.29, 0.717) is 5.88 Å².